The summed E-state index contributed by atoms with van der Waals surface area (Å²) in [4.78, 5) is 18.7. The third-order valence-corrected chi connectivity index (χ3v) is 2.58. The fourth-order valence-corrected chi connectivity index (χ4v) is 1.69. The molecule has 0 unspecified atom stereocenters. The standard InChI is InChI=1S/C12H13N5O3/c1-16(13)11-9(17(18)19)12(20-2)15-10(14-11)8-6-4-3-5-7-8/h3-7H,13H2,1-2H3. The molecule has 0 spiro atoms. The molecule has 0 radical (unpaired) electrons. The van der Waals surface area contributed by atoms with Gasteiger partial charge in [-0.15, -0.1) is 0 Å². The van der Waals surface area contributed by atoms with Crippen LogP contribution in [0.1, 0.15) is 0 Å². The van der Waals surface area contributed by atoms with E-state index in [0.29, 0.717) is 11.4 Å². The van der Waals surface area contributed by atoms with Gasteiger partial charge < -0.3 is 4.74 Å². The first-order valence-electron chi connectivity index (χ1n) is 5.69. The Bertz CT molecular complexity index is 630. The Hall–Kier alpha value is -2.74. The van der Waals surface area contributed by atoms with Crippen LogP contribution in [-0.4, -0.2) is 29.0 Å². The number of nitrogens with zero attached hydrogens (tertiary/aromatic N) is 4. The molecular formula is C12H13N5O3. The van der Waals surface area contributed by atoms with Gasteiger partial charge in [-0.05, 0) is 0 Å². The van der Waals surface area contributed by atoms with Gasteiger partial charge in [0.1, 0.15) is 0 Å². The normalized spacial score (nSPS) is 10.2. The SMILES string of the molecule is COc1nc(-c2ccccc2)nc(N(C)N)c1[N+](=O)[O-]. The van der Waals surface area contributed by atoms with E-state index < -0.39 is 4.92 Å². The molecule has 2 aromatic rings. The Labute approximate surface area is 114 Å². The number of nitro groups is 1. The summed E-state index contributed by atoms with van der Waals surface area (Å²) in [5.74, 6) is 5.77. The van der Waals surface area contributed by atoms with Crippen LogP contribution < -0.4 is 15.6 Å². The first-order valence-corrected chi connectivity index (χ1v) is 5.69. The number of ether oxygens (including phenoxy) is 1. The van der Waals surface area contributed by atoms with E-state index in [1.54, 1.807) is 12.1 Å². The largest absolute Gasteiger partial charge is 0.476 e. The van der Waals surface area contributed by atoms with Crippen molar-refractivity contribution < 1.29 is 9.66 Å². The van der Waals surface area contributed by atoms with Gasteiger partial charge in [-0.25, -0.2) is 10.8 Å². The summed E-state index contributed by atoms with van der Waals surface area (Å²) < 4.78 is 4.98. The molecule has 104 valence electrons. The number of hydrogen-bond acceptors (Lipinski definition) is 7. The number of methoxy groups -OCH3 is 1. The van der Waals surface area contributed by atoms with Gasteiger partial charge in [0, 0.05) is 12.6 Å². The van der Waals surface area contributed by atoms with E-state index in [-0.39, 0.29) is 17.4 Å². The third-order valence-electron chi connectivity index (χ3n) is 2.58. The van der Waals surface area contributed by atoms with Crippen LogP contribution >= 0.6 is 0 Å². The van der Waals surface area contributed by atoms with E-state index >= 15 is 0 Å². The number of hydrogen-bond donors (Lipinski definition) is 1. The van der Waals surface area contributed by atoms with Crippen molar-refractivity contribution in [3.63, 3.8) is 0 Å². The molecule has 0 saturated carbocycles. The number of benzene rings is 1. The molecule has 0 amide bonds. The highest BCUT2D eigenvalue weighted by Gasteiger charge is 2.27. The number of nitrogens with two attached hydrogens (primary N) is 1. The smallest absolute Gasteiger partial charge is 0.374 e. The molecule has 20 heavy (non-hydrogen) atoms. The van der Waals surface area contributed by atoms with Crippen LogP contribution in [0.5, 0.6) is 5.88 Å². The molecule has 2 rings (SSSR count). The zero-order valence-corrected chi connectivity index (χ0v) is 11.0. The van der Waals surface area contributed by atoms with E-state index in [2.05, 4.69) is 9.97 Å². The van der Waals surface area contributed by atoms with E-state index in [1.807, 2.05) is 18.2 Å². The zero-order valence-electron chi connectivity index (χ0n) is 11.0. The Morgan fingerprint density at radius 3 is 2.45 bits per heavy atom. The molecule has 0 atom stereocenters. The molecular weight excluding hydrogens is 262 g/mol. The predicted molar refractivity (Wildman–Crippen MR) is 73.3 cm³/mol. The second-order valence-electron chi connectivity index (χ2n) is 3.96. The molecule has 1 aromatic carbocycles. The van der Waals surface area contributed by atoms with Crippen molar-refractivity contribution >= 4 is 11.5 Å². The van der Waals surface area contributed by atoms with Crippen LogP contribution in [-0.2, 0) is 0 Å². The monoisotopic (exact) mass is 275 g/mol. The van der Waals surface area contributed by atoms with Gasteiger partial charge in [0.25, 0.3) is 5.88 Å². The summed E-state index contributed by atoms with van der Waals surface area (Å²) in [7, 11) is 2.77. The van der Waals surface area contributed by atoms with Gasteiger partial charge in [-0.1, -0.05) is 30.3 Å². The van der Waals surface area contributed by atoms with Gasteiger partial charge in [-0.2, -0.15) is 4.98 Å². The average Bonchev–Trinajstić information content (AvgIpc) is 2.46. The van der Waals surface area contributed by atoms with Gasteiger partial charge in [0.2, 0.25) is 5.82 Å². The van der Waals surface area contributed by atoms with Gasteiger partial charge in [0.15, 0.2) is 5.82 Å². The van der Waals surface area contributed by atoms with E-state index in [4.69, 9.17) is 10.6 Å². The third kappa shape index (κ3) is 2.50. The molecule has 1 heterocycles. The highest BCUT2D eigenvalue weighted by Crippen LogP contribution is 2.34. The molecule has 0 fully saturated rings. The summed E-state index contributed by atoms with van der Waals surface area (Å²) in [6, 6.07) is 9.07. The van der Waals surface area contributed by atoms with Crippen LogP contribution in [0.25, 0.3) is 11.4 Å². The predicted octanol–water partition coefficient (Wildman–Crippen LogP) is 1.37. The maximum atomic E-state index is 11.1. The molecule has 0 aliphatic heterocycles. The van der Waals surface area contributed by atoms with E-state index in [0.717, 1.165) is 5.01 Å². The molecule has 0 bridgehead atoms. The second-order valence-corrected chi connectivity index (χ2v) is 3.96. The van der Waals surface area contributed by atoms with Crippen molar-refractivity contribution in [2.75, 3.05) is 19.2 Å². The van der Waals surface area contributed by atoms with Gasteiger partial charge in [0.05, 0.1) is 12.0 Å². The molecule has 8 nitrogen and oxygen atoms in total. The fraction of sp³-hybridized carbons (Fsp3) is 0.167. The van der Waals surface area contributed by atoms with Gasteiger partial charge >= 0.3 is 5.69 Å². The Morgan fingerprint density at radius 1 is 1.30 bits per heavy atom. The van der Waals surface area contributed by atoms with Crippen LogP contribution in [0, 0.1) is 10.1 Å². The molecule has 1 aromatic heterocycles. The fourth-order valence-electron chi connectivity index (χ4n) is 1.69. The highest BCUT2D eigenvalue weighted by atomic mass is 16.6. The lowest BCUT2D eigenvalue weighted by molar-refractivity contribution is -0.385. The highest BCUT2D eigenvalue weighted by molar-refractivity contribution is 5.67. The van der Waals surface area contributed by atoms with Crippen LogP contribution in [0.4, 0.5) is 11.5 Å². The van der Waals surface area contributed by atoms with Crippen molar-refractivity contribution in [1.82, 2.24) is 9.97 Å². The summed E-state index contributed by atoms with van der Waals surface area (Å²) >= 11 is 0. The van der Waals surface area contributed by atoms with Crippen molar-refractivity contribution in [3.05, 3.63) is 40.4 Å². The molecule has 0 aliphatic rings. The van der Waals surface area contributed by atoms with Gasteiger partial charge in [-0.3, -0.25) is 15.1 Å². The summed E-state index contributed by atoms with van der Waals surface area (Å²) in [6.45, 7) is 0. The quantitative estimate of drug-likeness (QED) is 0.510. The zero-order chi connectivity index (χ0) is 14.7. The van der Waals surface area contributed by atoms with Crippen LogP contribution in [0.15, 0.2) is 30.3 Å². The van der Waals surface area contributed by atoms with Crippen molar-refractivity contribution in [1.29, 1.82) is 0 Å². The minimum absolute atomic E-state index is 0.0132. The Kier molecular flexibility index (Phi) is 3.76. The first kappa shape index (κ1) is 13.7. The first-order chi connectivity index (χ1) is 9.54. The lowest BCUT2D eigenvalue weighted by atomic mass is 10.2. The average molecular weight is 275 g/mol. The molecule has 0 aliphatic carbocycles. The minimum atomic E-state index is -0.619. The van der Waals surface area contributed by atoms with Crippen molar-refractivity contribution in [3.8, 4) is 17.3 Å². The van der Waals surface area contributed by atoms with Crippen molar-refractivity contribution in [2.24, 2.45) is 5.84 Å². The number of rotatable bonds is 4. The maximum absolute atomic E-state index is 11.1. The lowest BCUT2D eigenvalue weighted by Crippen LogP contribution is -2.27. The number of aromatic nitrogens is 2. The van der Waals surface area contributed by atoms with Crippen LogP contribution in [0.2, 0.25) is 0 Å². The number of hydrazine groups is 1. The van der Waals surface area contributed by atoms with Crippen molar-refractivity contribution in [2.45, 2.75) is 0 Å². The second kappa shape index (κ2) is 5.49. The Balaban J connectivity index is 2.68. The minimum Gasteiger partial charge on any atom is -0.476 e. The topological polar surface area (TPSA) is 107 Å². The van der Waals surface area contributed by atoms with E-state index in [9.17, 15) is 10.1 Å². The summed E-state index contributed by atoms with van der Waals surface area (Å²) in [6.07, 6.45) is 0. The Morgan fingerprint density at radius 2 is 1.95 bits per heavy atom. The number of anilines is 1. The molecule has 2 N–H and O–H groups in total. The lowest BCUT2D eigenvalue weighted by Gasteiger charge is -2.13. The maximum Gasteiger partial charge on any atom is 0.374 e. The summed E-state index contributed by atoms with van der Waals surface area (Å²) in [5.41, 5.74) is 0.348. The van der Waals surface area contributed by atoms with E-state index in [1.165, 1.54) is 14.2 Å². The molecule has 0 saturated heterocycles. The summed E-state index contributed by atoms with van der Waals surface area (Å²) in [5, 5.41) is 12.2. The van der Waals surface area contributed by atoms with Crippen LogP contribution in [0.3, 0.4) is 0 Å². The molecule has 8 heteroatoms.